The standard InChI is InChI=1S/C28H25N5O10/c1-2-40-28(36)23-22(34)15-42-26(23)30-19-6-5-16-13-18(4-3-17(16)14-19)27(35)41-12-11-39-10-9-29-20-7-8-21(33(37)38)25-24(20)31-43-32-25/h3-8,13-14,29-30H,2,9-12,15H2,1H3. The molecule has 2 N–H and O–H groups in total. The summed E-state index contributed by atoms with van der Waals surface area (Å²) < 4.78 is 25.7. The Kier molecular flexibility index (Phi) is 8.71. The number of nitrogens with zero attached hydrogens (tertiary/aromatic N) is 3. The van der Waals surface area contributed by atoms with E-state index >= 15 is 0 Å². The Bertz CT molecular complexity index is 1750. The van der Waals surface area contributed by atoms with Crippen molar-refractivity contribution in [2.75, 3.05) is 50.2 Å². The predicted molar refractivity (Wildman–Crippen MR) is 150 cm³/mol. The molecule has 3 aromatic carbocycles. The monoisotopic (exact) mass is 591 g/mol. The number of nitro benzene ring substituents is 1. The highest BCUT2D eigenvalue weighted by Crippen LogP contribution is 2.28. The van der Waals surface area contributed by atoms with E-state index in [0.29, 0.717) is 23.5 Å². The fraction of sp³-hybridized carbons (Fsp3) is 0.250. The van der Waals surface area contributed by atoms with Crippen molar-refractivity contribution < 1.29 is 42.9 Å². The molecule has 4 aromatic rings. The van der Waals surface area contributed by atoms with Crippen LogP contribution in [0.4, 0.5) is 17.1 Å². The van der Waals surface area contributed by atoms with E-state index in [4.69, 9.17) is 18.9 Å². The number of hydrogen-bond donors (Lipinski definition) is 2. The summed E-state index contributed by atoms with van der Waals surface area (Å²) in [5.74, 6) is -1.68. The summed E-state index contributed by atoms with van der Waals surface area (Å²) in [6, 6.07) is 13.2. The fourth-order valence-corrected chi connectivity index (χ4v) is 4.28. The number of rotatable bonds is 13. The minimum absolute atomic E-state index is 0.0331. The Morgan fingerprint density at radius 1 is 0.977 bits per heavy atom. The lowest BCUT2D eigenvalue weighted by Gasteiger charge is -2.11. The molecule has 1 aromatic heterocycles. The molecule has 15 nitrogen and oxygen atoms in total. The number of anilines is 2. The summed E-state index contributed by atoms with van der Waals surface area (Å²) in [5, 5.41) is 26.0. The van der Waals surface area contributed by atoms with E-state index in [9.17, 15) is 24.5 Å². The third-order valence-corrected chi connectivity index (χ3v) is 6.28. The number of carbonyl (C=O) groups excluding carboxylic acids is 3. The number of aromatic nitrogens is 2. The summed E-state index contributed by atoms with van der Waals surface area (Å²) in [6.45, 7) is 2.35. The zero-order valence-electron chi connectivity index (χ0n) is 22.8. The van der Waals surface area contributed by atoms with Gasteiger partial charge in [-0.15, -0.1) is 0 Å². The Morgan fingerprint density at radius 3 is 2.58 bits per heavy atom. The van der Waals surface area contributed by atoms with Gasteiger partial charge in [-0.25, -0.2) is 14.2 Å². The molecule has 0 saturated carbocycles. The van der Waals surface area contributed by atoms with Gasteiger partial charge in [0, 0.05) is 18.3 Å². The minimum Gasteiger partial charge on any atom is -0.470 e. The van der Waals surface area contributed by atoms with Crippen LogP contribution in [0.25, 0.3) is 21.8 Å². The van der Waals surface area contributed by atoms with Crippen molar-refractivity contribution >= 4 is 56.6 Å². The van der Waals surface area contributed by atoms with Crippen molar-refractivity contribution in [2.24, 2.45) is 0 Å². The van der Waals surface area contributed by atoms with Crippen LogP contribution < -0.4 is 10.6 Å². The van der Waals surface area contributed by atoms with Crippen LogP contribution in [0.2, 0.25) is 0 Å². The van der Waals surface area contributed by atoms with Gasteiger partial charge in [-0.1, -0.05) is 12.1 Å². The SMILES string of the molecule is CCOC(=O)C1=C(Nc2ccc3cc(C(=O)OCCOCCNc4ccc([N+](=O)[O-])c5nonc45)ccc3c2)OCC1=O. The van der Waals surface area contributed by atoms with Gasteiger partial charge in [-0.2, -0.15) is 0 Å². The lowest BCUT2D eigenvalue weighted by atomic mass is 10.1. The van der Waals surface area contributed by atoms with Gasteiger partial charge < -0.3 is 29.6 Å². The lowest BCUT2D eigenvalue weighted by Crippen LogP contribution is -2.16. The average molecular weight is 592 g/mol. The van der Waals surface area contributed by atoms with Crippen LogP contribution >= 0.6 is 0 Å². The van der Waals surface area contributed by atoms with Crippen molar-refractivity contribution in [1.29, 1.82) is 0 Å². The normalized spacial score (nSPS) is 12.8. The molecule has 1 aliphatic heterocycles. The lowest BCUT2D eigenvalue weighted by molar-refractivity contribution is -0.383. The molecule has 15 heteroatoms. The zero-order valence-corrected chi connectivity index (χ0v) is 22.8. The van der Waals surface area contributed by atoms with Crippen molar-refractivity contribution in [2.45, 2.75) is 6.92 Å². The molecular formula is C28H25N5O10. The third kappa shape index (κ3) is 6.51. The topological polar surface area (TPSA) is 194 Å². The molecule has 0 atom stereocenters. The number of nitrogens with one attached hydrogen (secondary N) is 2. The molecule has 0 fully saturated rings. The highest BCUT2D eigenvalue weighted by atomic mass is 16.6. The van der Waals surface area contributed by atoms with Crippen LogP contribution in [0.15, 0.2) is 64.6 Å². The van der Waals surface area contributed by atoms with Gasteiger partial charge in [-0.05, 0) is 58.3 Å². The molecule has 0 saturated heterocycles. The van der Waals surface area contributed by atoms with E-state index in [0.717, 1.165) is 10.8 Å². The van der Waals surface area contributed by atoms with Gasteiger partial charge in [0.25, 0.3) is 0 Å². The van der Waals surface area contributed by atoms with Crippen LogP contribution in [0.5, 0.6) is 0 Å². The molecule has 2 heterocycles. The fourth-order valence-electron chi connectivity index (χ4n) is 4.28. The average Bonchev–Trinajstić information content (AvgIpc) is 3.63. The summed E-state index contributed by atoms with van der Waals surface area (Å²) in [4.78, 5) is 47.3. The van der Waals surface area contributed by atoms with Crippen LogP contribution in [0.1, 0.15) is 17.3 Å². The van der Waals surface area contributed by atoms with E-state index in [-0.39, 0.29) is 61.2 Å². The molecular weight excluding hydrogens is 566 g/mol. The second-order valence-electron chi connectivity index (χ2n) is 9.06. The molecule has 0 aliphatic carbocycles. The van der Waals surface area contributed by atoms with E-state index < -0.39 is 22.6 Å². The van der Waals surface area contributed by atoms with Crippen molar-refractivity contribution in [3.8, 4) is 0 Å². The van der Waals surface area contributed by atoms with E-state index in [1.807, 2.05) is 0 Å². The highest BCUT2D eigenvalue weighted by Gasteiger charge is 2.32. The third-order valence-electron chi connectivity index (χ3n) is 6.28. The first-order chi connectivity index (χ1) is 20.9. The first-order valence-corrected chi connectivity index (χ1v) is 13.1. The van der Waals surface area contributed by atoms with Gasteiger partial charge in [0.05, 0.1) is 36.0 Å². The first kappa shape index (κ1) is 28.9. The molecule has 0 spiro atoms. The number of carbonyl (C=O) groups is 3. The Labute approximate surface area is 242 Å². The summed E-state index contributed by atoms with van der Waals surface area (Å²) in [7, 11) is 0. The number of non-ortho nitro benzene ring substituents is 1. The van der Waals surface area contributed by atoms with Crippen LogP contribution in [-0.4, -0.2) is 72.5 Å². The molecule has 1 aliphatic rings. The van der Waals surface area contributed by atoms with Crippen molar-refractivity contribution in [3.05, 3.63) is 75.7 Å². The summed E-state index contributed by atoms with van der Waals surface area (Å²) in [5.41, 5.74) is 1.38. The highest BCUT2D eigenvalue weighted by molar-refractivity contribution is 6.19. The quantitative estimate of drug-likeness (QED) is 0.0755. The maximum absolute atomic E-state index is 12.5. The Balaban J connectivity index is 1.09. The number of Topliss-reactive ketones (excluding diaryl/α,β-unsaturated/α-hetero) is 1. The summed E-state index contributed by atoms with van der Waals surface area (Å²) >= 11 is 0. The largest absolute Gasteiger partial charge is 0.470 e. The minimum atomic E-state index is -0.743. The van der Waals surface area contributed by atoms with Gasteiger partial charge >= 0.3 is 17.6 Å². The second-order valence-corrected chi connectivity index (χ2v) is 9.06. The number of ketones is 1. The number of benzene rings is 3. The van der Waals surface area contributed by atoms with Gasteiger partial charge in [0.2, 0.25) is 17.2 Å². The smallest absolute Gasteiger partial charge is 0.347 e. The molecule has 5 rings (SSSR count). The molecule has 0 bridgehead atoms. The van der Waals surface area contributed by atoms with Gasteiger partial charge in [-0.3, -0.25) is 14.9 Å². The maximum Gasteiger partial charge on any atom is 0.347 e. The summed E-state index contributed by atoms with van der Waals surface area (Å²) in [6.07, 6.45) is 0. The zero-order chi connectivity index (χ0) is 30.3. The second kappa shape index (κ2) is 12.9. The molecule has 222 valence electrons. The number of esters is 2. The van der Waals surface area contributed by atoms with Gasteiger partial charge in [0.15, 0.2) is 17.7 Å². The van der Waals surface area contributed by atoms with Crippen LogP contribution in [0.3, 0.4) is 0 Å². The molecule has 0 radical (unpaired) electrons. The van der Waals surface area contributed by atoms with Crippen LogP contribution in [-0.2, 0) is 28.5 Å². The first-order valence-electron chi connectivity index (χ1n) is 13.1. The number of fused-ring (bicyclic) bond motifs is 2. The van der Waals surface area contributed by atoms with Gasteiger partial charge in [0.1, 0.15) is 6.61 Å². The molecule has 0 unspecified atom stereocenters. The van der Waals surface area contributed by atoms with Crippen molar-refractivity contribution in [3.63, 3.8) is 0 Å². The predicted octanol–water partition coefficient (Wildman–Crippen LogP) is 3.36. The molecule has 0 amide bonds. The van der Waals surface area contributed by atoms with E-state index in [1.165, 1.54) is 12.1 Å². The maximum atomic E-state index is 12.5. The number of nitro groups is 1. The van der Waals surface area contributed by atoms with Crippen LogP contribution in [0, 0.1) is 10.1 Å². The molecule has 43 heavy (non-hydrogen) atoms. The van der Waals surface area contributed by atoms with Crippen molar-refractivity contribution in [1.82, 2.24) is 10.3 Å². The Morgan fingerprint density at radius 2 is 1.77 bits per heavy atom. The number of ether oxygens (including phenoxy) is 4. The van der Waals surface area contributed by atoms with E-state index in [1.54, 1.807) is 43.3 Å². The van der Waals surface area contributed by atoms with E-state index in [2.05, 4.69) is 25.6 Å². The Hall–Kier alpha value is -5.57. The number of hydrogen-bond acceptors (Lipinski definition) is 14.